The Bertz CT molecular complexity index is 311. The second-order valence-electron chi connectivity index (χ2n) is 5.18. The topological polar surface area (TPSA) is 81.9 Å². The molecule has 2 atom stereocenters. The fourth-order valence-electron chi connectivity index (χ4n) is 1.71. The molecule has 2 N–H and O–H groups in total. The third-order valence-electron chi connectivity index (χ3n) is 2.52. The molecule has 0 radical (unpaired) electrons. The number of nitrogens with two attached hydrogens (primary N) is 1. The Kier molecular flexibility index (Phi) is 3.98. The molecular formula is C11H20N2O4. The first-order valence-electron chi connectivity index (χ1n) is 5.56. The van der Waals surface area contributed by atoms with E-state index < -0.39 is 23.7 Å². The van der Waals surface area contributed by atoms with E-state index in [9.17, 15) is 9.59 Å². The van der Waals surface area contributed by atoms with Crippen LogP contribution in [0.15, 0.2) is 0 Å². The second kappa shape index (κ2) is 4.91. The van der Waals surface area contributed by atoms with Crippen molar-refractivity contribution in [2.45, 2.75) is 32.4 Å². The van der Waals surface area contributed by atoms with Crippen LogP contribution in [0.25, 0.3) is 0 Å². The van der Waals surface area contributed by atoms with Gasteiger partial charge in [-0.25, -0.2) is 4.79 Å². The number of methoxy groups -OCH3 is 1. The van der Waals surface area contributed by atoms with Gasteiger partial charge in [-0.3, -0.25) is 4.79 Å². The van der Waals surface area contributed by atoms with Crippen LogP contribution in [0.4, 0.5) is 4.79 Å². The molecule has 1 saturated heterocycles. The number of amides is 1. The van der Waals surface area contributed by atoms with Crippen molar-refractivity contribution in [1.82, 2.24) is 4.90 Å². The van der Waals surface area contributed by atoms with Gasteiger partial charge in [0.1, 0.15) is 5.60 Å². The van der Waals surface area contributed by atoms with Crippen LogP contribution in [-0.4, -0.2) is 48.8 Å². The number of likely N-dealkylation sites (tertiary alicyclic amines) is 1. The van der Waals surface area contributed by atoms with Crippen LogP contribution in [0.2, 0.25) is 0 Å². The molecule has 0 aromatic heterocycles. The van der Waals surface area contributed by atoms with E-state index in [2.05, 4.69) is 4.74 Å². The third kappa shape index (κ3) is 3.59. The molecular weight excluding hydrogens is 224 g/mol. The maximum absolute atomic E-state index is 11.8. The second-order valence-corrected chi connectivity index (χ2v) is 5.18. The average Bonchev–Trinajstić information content (AvgIpc) is 2.57. The smallest absolute Gasteiger partial charge is 0.410 e. The Morgan fingerprint density at radius 2 is 1.88 bits per heavy atom. The summed E-state index contributed by atoms with van der Waals surface area (Å²) < 4.78 is 9.85. The highest BCUT2D eigenvalue weighted by Gasteiger charge is 2.39. The van der Waals surface area contributed by atoms with E-state index in [-0.39, 0.29) is 12.5 Å². The van der Waals surface area contributed by atoms with Crippen molar-refractivity contribution in [3.05, 3.63) is 0 Å². The van der Waals surface area contributed by atoms with Crippen LogP contribution in [0.5, 0.6) is 0 Å². The molecule has 0 spiro atoms. The molecule has 17 heavy (non-hydrogen) atoms. The van der Waals surface area contributed by atoms with Gasteiger partial charge in [0, 0.05) is 19.1 Å². The van der Waals surface area contributed by atoms with Gasteiger partial charge in [-0.1, -0.05) is 0 Å². The lowest BCUT2D eigenvalue weighted by Crippen LogP contribution is -2.36. The van der Waals surface area contributed by atoms with Gasteiger partial charge >= 0.3 is 12.1 Å². The molecule has 0 bridgehead atoms. The number of hydrogen-bond acceptors (Lipinski definition) is 5. The van der Waals surface area contributed by atoms with Gasteiger partial charge in [-0.15, -0.1) is 0 Å². The van der Waals surface area contributed by atoms with Gasteiger partial charge in [0.05, 0.1) is 13.0 Å². The highest BCUT2D eigenvalue weighted by molar-refractivity contribution is 5.76. The highest BCUT2D eigenvalue weighted by Crippen LogP contribution is 2.19. The van der Waals surface area contributed by atoms with Crippen molar-refractivity contribution in [2.75, 3.05) is 20.2 Å². The first-order valence-corrected chi connectivity index (χ1v) is 5.56. The summed E-state index contributed by atoms with van der Waals surface area (Å²) in [4.78, 5) is 24.6. The van der Waals surface area contributed by atoms with Gasteiger partial charge < -0.3 is 20.1 Å². The summed E-state index contributed by atoms with van der Waals surface area (Å²) in [5, 5.41) is 0. The molecule has 6 nitrogen and oxygen atoms in total. The first kappa shape index (κ1) is 13.8. The zero-order valence-electron chi connectivity index (χ0n) is 10.7. The van der Waals surface area contributed by atoms with Crippen molar-refractivity contribution >= 4 is 12.1 Å². The molecule has 1 amide bonds. The fraction of sp³-hybridized carbons (Fsp3) is 0.818. The molecule has 0 aliphatic carbocycles. The van der Waals surface area contributed by atoms with Gasteiger partial charge in [0.15, 0.2) is 0 Å². The summed E-state index contributed by atoms with van der Waals surface area (Å²) in [7, 11) is 1.31. The molecule has 1 rings (SSSR count). The van der Waals surface area contributed by atoms with E-state index in [0.717, 1.165) is 0 Å². The minimum Gasteiger partial charge on any atom is -0.469 e. The van der Waals surface area contributed by atoms with Crippen LogP contribution < -0.4 is 5.73 Å². The SMILES string of the molecule is COC(=O)[C@H]1CN(C(=O)OC(C)(C)C)CC1N. The lowest BCUT2D eigenvalue weighted by atomic mass is 10.1. The summed E-state index contributed by atoms with van der Waals surface area (Å²) in [6, 6.07) is -0.394. The summed E-state index contributed by atoms with van der Waals surface area (Å²) in [5.41, 5.74) is 5.25. The Labute approximate surface area is 101 Å². The lowest BCUT2D eigenvalue weighted by Gasteiger charge is -2.24. The van der Waals surface area contributed by atoms with E-state index in [1.54, 1.807) is 20.8 Å². The third-order valence-corrected chi connectivity index (χ3v) is 2.52. The summed E-state index contributed by atoms with van der Waals surface area (Å²) in [6.07, 6.45) is -0.445. The van der Waals surface area contributed by atoms with Crippen molar-refractivity contribution in [3.8, 4) is 0 Å². The highest BCUT2D eigenvalue weighted by atomic mass is 16.6. The Morgan fingerprint density at radius 1 is 1.29 bits per heavy atom. The molecule has 98 valence electrons. The zero-order valence-corrected chi connectivity index (χ0v) is 10.7. The number of carbonyl (C=O) groups is 2. The van der Waals surface area contributed by atoms with Crippen molar-refractivity contribution < 1.29 is 19.1 Å². The Balaban J connectivity index is 2.60. The monoisotopic (exact) mass is 244 g/mol. The minimum absolute atomic E-state index is 0.253. The van der Waals surface area contributed by atoms with Crippen LogP contribution in [0.3, 0.4) is 0 Å². The summed E-state index contributed by atoms with van der Waals surface area (Å²) in [6.45, 7) is 5.94. The standard InChI is InChI=1S/C11H20N2O4/c1-11(2,3)17-10(15)13-5-7(8(12)6-13)9(14)16-4/h7-8H,5-6,12H2,1-4H3/t7-,8?/m0/s1. The largest absolute Gasteiger partial charge is 0.469 e. The maximum atomic E-state index is 11.8. The number of ether oxygens (including phenoxy) is 2. The summed E-state index contributed by atoms with van der Waals surface area (Å²) in [5.74, 6) is -0.851. The van der Waals surface area contributed by atoms with Crippen LogP contribution in [0, 0.1) is 5.92 Å². The number of carbonyl (C=O) groups excluding carboxylic acids is 2. The quantitative estimate of drug-likeness (QED) is 0.673. The number of esters is 1. The van der Waals surface area contributed by atoms with Crippen LogP contribution in [0.1, 0.15) is 20.8 Å². The molecule has 0 saturated carbocycles. The first-order chi connectivity index (χ1) is 7.74. The van der Waals surface area contributed by atoms with E-state index in [1.807, 2.05) is 0 Å². The predicted octanol–water partition coefficient (Wildman–Crippen LogP) is 0.354. The molecule has 1 heterocycles. The lowest BCUT2D eigenvalue weighted by molar-refractivity contribution is -0.145. The molecule has 6 heteroatoms. The number of rotatable bonds is 1. The van der Waals surface area contributed by atoms with Crippen molar-refractivity contribution in [3.63, 3.8) is 0 Å². The van der Waals surface area contributed by atoms with Crippen molar-refractivity contribution in [2.24, 2.45) is 11.7 Å². The molecule has 1 aliphatic rings. The zero-order chi connectivity index (χ0) is 13.2. The minimum atomic E-state index is -0.551. The van der Waals surface area contributed by atoms with E-state index in [0.29, 0.717) is 6.54 Å². The Morgan fingerprint density at radius 3 is 2.35 bits per heavy atom. The molecule has 0 aromatic carbocycles. The van der Waals surface area contributed by atoms with Gasteiger partial charge in [0.2, 0.25) is 0 Å². The van der Waals surface area contributed by atoms with Crippen LogP contribution >= 0.6 is 0 Å². The average molecular weight is 244 g/mol. The predicted molar refractivity (Wildman–Crippen MR) is 61.3 cm³/mol. The van der Waals surface area contributed by atoms with E-state index >= 15 is 0 Å². The Hall–Kier alpha value is -1.30. The van der Waals surface area contributed by atoms with Gasteiger partial charge in [-0.2, -0.15) is 0 Å². The molecule has 0 aromatic rings. The summed E-state index contributed by atoms with van der Waals surface area (Å²) >= 11 is 0. The van der Waals surface area contributed by atoms with Crippen LogP contribution in [-0.2, 0) is 14.3 Å². The molecule has 1 unspecified atom stereocenters. The van der Waals surface area contributed by atoms with E-state index in [1.165, 1.54) is 12.0 Å². The van der Waals surface area contributed by atoms with Gasteiger partial charge in [-0.05, 0) is 20.8 Å². The van der Waals surface area contributed by atoms with E-state index in [4.69, 9.17) is 10.5 Å². The number of hydrogen-bond donors (Lipinski definition) is 1. The molecule has 1 aliphatic heterocycles. The molecule has 1 fully saturated rings. The fourth-order valence-corrected chi connectivity index (χ4v) is 1.71. The van der Waals surface area contributed by atoms with Gasteiger partial charge in [0.25, 0.3) is 0 Å². The number of nitrogens with zero attached hydrogens (tertiary/aromatic N) is 1. The maximum Gasteiger partial charge on any atom is 0.410 e. The normalized spacial score (nSPS) is 24.6. The van der Waals surface area contributed by atoms with Crippen molar-refractivity contribution in [1.29, 1.82) is 0 Å².